The first-order valence-electron chi connectivity index (χ1n) is 9.43. The highest BCUT2D eigenvalue weighted by Crippen LogP contribution is 2.35. The topological polar surface area (TPSA) is 68.6 Å². The molecule has 0 radical (unpaired) electrons. The Hall–Kier alpha value is -2.80. The summed E-state index contributed by atoms with van der Waals surface area (Å²) in [5.74, 6) is -0.614. The van der Waals surface area contributed by atoms with E-state index in [1.165, 1.54) is 12.0 Å². The standard InChI is InChI=1S/C22H24N2O4S/c1-6-13(2)24-20(25)19(29-22(24)27)12-17-11-14(3)23(15(17)4)18-9-7-16(8-10-18)21(26)28-5/h7-13H,6H2,1-5H3/b19-12+/t13-/m1/s1. The molecule has 2 amide bonds. The molecule has 1 atom stereocenters. The van der Waals surface area contributed by atoms with Crippen molar-refractivity contribution < 1.29 is 19.1 Å². The van der Waals surface area contributed by atoms with Gasteiger partial charge in [0.2, 0.25) is 0 Å². The molecule has 0 saturated carbocycles. The molecule has 1 aromatic heterocycles. The van der Waals surface area contributed by atoms with E-state index in [2.05, 4.69) is 0 Å². The Balaban J connectivity index is 1.94. The smallest absolute Gasteiger partial charge is 0.337 e. The molecular formula is C22H24N2O4S. The Morgan fingerprint density at radius 2 is 1.86 bits per heavy atom. The van der Waals surface area contributed by atoms with Crippen LogP contribution in [0.15, 0.2) is 35.2 Å². The minimum atomic E-state index is -0.379. The van der Waals surface area contributed by atoms with Crippen LogP contribution >= 0.6 is 11.8 Å². The van der Waals surface area contributed by atoms with Crippen LogP contribution in [0.1, 0.15) is 47.6 Å². The van der Waals surface area contributed by atoms with E-state index in [0.717, 1.165) is 40.8 Å². The fourth-order valence-corrected chi connectivity index (χ4v) is 4.30. The van der Waals surface area contributed by atoms with Crippen molar-refractivity contribution in [3.63, 3.8) is 0 Å². The van der Waals surface area contributed by atoms with Crippen LogP contribution < -0.4 is 0 Å². The number of hydrogen-bond donors (Lipinski definition) is 0. The van der Waals surface area contributed by atoms with Gasteiger partial charge in [0, 0.05) is 23.1 Å². The molecule has 152 valence electrons. The number of amides is 2. The van der Waals surface area contributed by atoms with E-state index in [-0.39, 0.29) is 23.2 Å². The summed E-state index contributed by atoms with van der Waals surface area (Å²) in [5, 5.41) is -0.220. The highest BCUT2D eigenvalue weighted by Gasteiger charge is 2.37. The van der Waals surface area contributed by atoms with Crippen LogP contribution in [0.5, 0.6) is 0 Å². The predicted molar refractivity (Wildman–Crippen MR) is 114 cm³/mol. The summed E-state index contributed by atoms with van der Waals surface area (Å²) in [6.07, 6.45) is 2.51. The van der Waals surface area contributed by atoms with E-state index in [0.29, 0.717) is 10.5 Å². The third kappa shape index (κ3) is 3.87. The second kappa shape index (κ2) is 8.29. The lowest BCUT2D eigenvalue weighted by molar-refractivity contribution is -0.124. The first-order chi connectivity index (χ1) is 13.8. The second-order valence-electron chi connectivity index (χ2n) is 7.01. The maximum atomic E-state index is 12.7. The van der Waals surface area contributed by atoms with Gasteiger partial charge in [-0.05, 0) is 80.9 Å². The zero-order valence-corrected chi connectivity index (χ0v) is 18.0. The summed E-state index contributed by atoms with van der Waals surface area (Å²) < 4.78 is 6.79. The van der Waals surface area contributed by atoms with Crippen LogP contribution in [-0.2, 0) is 9.53 Å². The first kappa shape index (κ1) is 20.9. The van der Waals surface area contributed by atoms with Gasteiger partial charge in [-0.25, -0.2) is 4.79 Å². The highest BCUT2D eigenvalue weighted by molar-refractivity contribution is 8.18. The van der Waals surface area contributed by atoms with Crippen LogP contribution in [0.2, 0.25) is 0 Å². The zero-order chi connectivity index (χ0) is 21.3. The lowest BCUT2D eigenvalue weighted by Crippen LogP contribution is -2.36. The maximum Gasteiger partial charge on any atom is 0.337 e. The van der Waals surface area contributed by atoms with E-state index in [1.807, 2.05) is 50.5 Å². The molecule has 6 nitrogen and oxygen atoms in total. The lowest BCUT2D eigenvalue weighted by Gasteiger charge is -2.19. The molecule has 1 fully saturated rings. The maximum absolute atomic E-state index is 12.7. The number of benzene rings is 1. The number of thioether (sulfide) groups is 1. The summed E-state index contributed by atoms with van der Waals surface area (Å²) in [7, 11) is 1.35. The highest BCUT2D eigenvalue weighted by atomic mass is 32.2. The Labute approximate surface area is 174 Å². The van der Waals surface area contributed by atoms with Crippen molar-refractivity contribution in [3.05, 3.63) is 57.8 Å². The number of aromatic nitrogens is 1. The monoisotopic (exact) mass is 412 g/mol. The van der Waals surface area contributed by atoms with Crippen LogP contribution in [0.4, 0.5) is 4.79 Å². The van der Waals surface area contributed by atoms with Gasteiger partial charge in [0.05, 0.1) is 17.6 Å². The van der Waals surface area contributed by atoms with Gasteiger partial charge in [-0.2, -0.15) is 0 Å². The van der Waals surface area contributed by atoms with Crippen LogP contribution in [0.25, 0.3) is 11.8 Å². The van der Waals surface area contributed by atoms with Gasteiger partial charge in [0.25, 0.3) is 11.1 Å². The summed E-state index contributed by atoms with van der Waals surface area (Å²) >= 11 is 0.986. The number of rotatable bonds is 5. The zero-order valence-electron chi connectivity index (χ0n) is 17.2. The Bertz CT molecular complexity index is 1000. The Morgan fingerprint density at radius 1 is 1.21 bits per heavy atom. The van der Waals surface area contributed by atoms with E-state index >= 15 is 0 Å². The number of methoxy groups -OCH3 is 1. The lowest BCUT2D eigenvalue weighted by atomic mass is 10.2. The summed E-state index contributed by atoms with van der Waals surface area (Å²) in [5.41, 5.74) is 4.20. The van der Waals surface area contributed by atoms with Gasteiger partial charge >= 0.3 is 5.97 Å². The number of hydrogen-bond acceptors (Lipinski definition) is 5. The first-order valence-corrected chi connectivity index (χ1v) is 10.2. The Morgan fingerprint density at radius 3 is 2.45 bits per heavy atom. The van der Waals surface area contributed by atoms with Crippen molar-refractivity contribution in [2.24, 2.45) is 0 Å². The van der Waals surface area contributed by atoms with Gasteiger partial charge in [-0.15, -0.1) is 0 Å². The molecule has 0 spiro atoms. The number of aryl methyl sites for hydroxylation is 1. The molecule has 0 N–H and O–H groups in total. The van der Waals surface area contributed by atoms with Gasteiger partial charge in [0.15, 0.2) is 0 Å². The minimum Gasteiger partial charge on any atom is -0.465 e. The van der Waals surface area contributed by atoms with Gasteiger partial charge in [0.1, 0.15) is 0 Å². The van der Waals surface area contributed by atoms with Crippen LogP contribution in [0.3, 0.4) is 0 Å². The quantitative estimate of drug-likeness (QED) is 0.525. The molecule has 0 aliphatic carbocycles. The summed E-state index contributed by atoms with van der Waals surface area (Å²) in [6, 6.07) is 9.02. The largest absolute Gasteiger partial charge is 0.465 e. The number of imide groups is 1. The summed E-state index contributed by atoms with van der Waals surface area (Å²) in [6.45, 7) is 7.77. The number of carbonyl (C=O) groups excluding carboxylic acids is 3. The van der Waals surface area contributed by atoms with Crippen molar-refractivity contribution in [3.8, 4) is 5.69 Å². The number of ether oxygens (including phenoxy) is 1. The number of esters is 1. The van der Waals surface area contributed by atoms with E-state index in [1.54, 1.807) is 18.2 Å². The van der Waals surface area contributed by atoms with Crippen molar-refractivity contribution in [2.75, 3.05) is 7.11 Å². The van der Waals surface area contributed by atoms with Crippen molar-refractivity contribution >= 4 is 35.0 Å². The van der Waals surface area contributed by atoms with E-state index < -0.39 is 0 Å². The fraction of sp³-hybridized carbons (Fsp3) is 0.318. The van der Waals surface area contributed by atoms with Gasteiger partial charge in [-0.1, -0.05) is 6.92 Å². The predicted octanol–water partition coefficient (Wildman–Crippen LogP) is 4.72. The Kier molecular flexibility index (Phi) is 5.98. The molecule has 1 aliphatic heterocycles. The molecule has 1 saturated heterocycles. The second-order valence-corrected chi connectivity index (χ2v) is 8.00. The molecule has 2 heterocycles. The van der Waals surface area contributed by atoms with Gasteiger partial charge < -0.3 is 9.30 Å². The normalized spacial score (nSPS) is 16.6. The molecule has 3 rings (SSSR count). The molecule has 1 aromatic carbocycles. The van der Waals surface area contributed by atoms with Gasteiger partial charge in [-0.3, -0.25) is 14.5 Å². The van der Waals surface area contributed by atoms with Crippen LogP contribution in [-0.4, -0.2) is 39.7 Å². The number of carbonyl (C=O) groups is 3. The molecule has 29 heavy (non-hydrogen) atoms. The average Bonchev–Trinajstić information content (AvgIpc) is 3.15. The van der Waals surface area contributed by atoms with E-state index in [4.69, 9.17) is 4.74 Å². The minimum absolute atomic E-state index is 0.117. The van der Waals surface area contributed by atoms with E-state index in [9.17, 15) is 14.4 Å². The SMILES string of the molecule is CC[C@@H](C)N1C(=O)S/C(=C/c2cc(C)n(-c3ccc(C(=O)OC)cc3)c2C)C1=O. The number of nitrogens with zero attached hydrogens (tertiary/aromatic N) is 2. The molecule has 2 aromatic rings. The van der Waals surface area contributed by atoms with Crippen molar-refractivity contribution in [1.82, 2.24) is 9.47 Å². The summed E-state index contributed by atoms with van der Waals surface area (Å²) in [4.78, 5) is 38.4. The molecule has 7 heteroatoms. The molecule has 0 bridgehead atoms. The fourth-order valence-electron chi connectivity index (χ4n) is 3.38. The van der Waals surface area contributed by atoms with Crippen molar-refractivity contribution in [2.45, 2.75) is 40.2 Å². The third-order valence-electron chi connectivity index (χ3n) is 5.16. The molecule has 1 aliphatic rings. The average molecular weight is 413 g/mol. The third-order valence-corrected chi connectivity index (χ3v) is 6.04. The molecule has 0 unspecified atom stereocenters. The van der Waals surface area contributed by atoms with Crippen molar-refractivity contribution in [1.29, 1.82) is 0 Å². The van der Waals surface area contributed by atoms with Crippen LogP contribution in [0, 0.1) is 13.8 Å². The molecular weight excluding hydrogens is 388 g/mol.